The zero-order chi connectivity index (χ0) is 14.7. The molecule has 0 saturated carbocycles. The maximum Gasteiger partial charge on any atom is 0.269 e. The van der Waals surface area contributed by atoms with E-state index in [9.17, 15) is 14.9 Å². The molecule has 116 valence electrons. The van der Waals surface area contributed by atoms with Gasteiger partial charge in [0.2, 0.25) is 5.91 Å². The summed E-state index contributed by atoms with van der Waals surface area (Å²) >= 11 is 0. The van der Waals surface area contributed by atoms with Gasteiger partial charge in [0.15, 0.2) is 0 Å². The largest absolute Gasteiger partial charge is 0.337 e. The van der Waals surface area contributed by atoms with Crippen molar-refractivity contribution >= 4 is 24.0 Å². The molecule has 1 fully saturated rings. The van der Waals surface area contributed by atoms with Crippen LogP contribution in [0.25, 0.3) is 0 Å². The average molecular weight is 314 g/mol. The Morgan fingerprint density at radius 2 is 2.00 bits per heavy atom. The first-order chi connectivity index (χ1) is 9.49. The van der Waals surface area contributed by atoms with Crippen molar-refractivity contribution in [1.82, 2.24) is 10.2 Å². The number of hydrogen-bond acceptors (Lipinski definition) is 4. The first-order valence-electron chi connectivity index (χ1n) is 6.75. The summed E-state index contributed by atoms with van der Waals surface area (Å²) in [4.78, 5) is 24.3. The fourth-order valence-corrected chi connectivity index (χ4v) is 2.42. The number of nitro benzene ring substituents is 1. The third-order valence-electron chi connectivity index (χ3n) is 3.86. The number of rotatable bonds is 3. The number of carbonyl (C=O) groups is 1. The van der Waals surface area contributed by atoms with Crippen molar-refractivity contribution in [3.63, 3.8) is 0 Å². The van der Waals surface area contributed by atoms with Crippen molar-refractivity contribution < 1.29 is 9.72 Å². The number of non-ortho nitro benzene ring substituents is 1. The molecule has 1 aromatic carbocycles. The summed E-state index contributed by atoms with van der Waals surface area (Å²) in [5, 5.41) is 13.9. The lowest BCUT2D eigenvalue weighted by atomic mass is 10.0. The molecule has 0 aromatic heterocycles. The number of halogens is 1. The number of nitrogens with one attached hydrogen (secondary N) is 1. The molecule has 2 unspecified atom stereocenters. The van der Waals surface area contributed by atoms with Crippen molar-refractivity contribution in [2.24, 2.45) is 0 Å². The number of benzene rings is 1. The van der Waals surface area contributed by atoms with Gasteiger partial charge >= 0.3 is 0 Å². The SMILES string of the molecule is CC1NCCN(C(=O)Cc2ccc([N+](=O)[O-])cc2)C1C.Cl. The number of carbonyl (C=O) groups excluding carboxylic acids is 1. The molecule has 7 heteroatoms. The quantitative estimate of drug-likeness (QED) is 0.681. The van der Waals surface area contributed by atoms with E-state index in [-0.39, 0.29) is 42.5 Å². The molecule has 1 heterocycles. The molecule has 2 atom stereocenters. The summed E-state index contributed by atoms with van der Waals surface area (Å²) in [7, 11) is 0. The first kappa shape index (κ1) is 17.4. The Morgan fingerprint density at radius 1 is 1.38 bits per heavy atom. The summed E-state index contributed by atoms with van der Waals surface area (Å²) in [5.74, 6) is 0.0692. The van der Waals surface area contributed by atoms with Gasteiger partial charge in [0.05, 0.1) is 11.3 Å². The zero-order valence-corrected chi connectivity index (χ0v) is 12.9. The normalized spacial score (nSPS) is 21.5. The Kier molecular flexibility index (Phi) is 6.11. The van der Waals surface area contributed by atoms with Gasteiger partial charge in [0.25, 0.3) is 5.69 Å². The lowest BCUT2D eigenvalue weighted by Gasteiger charge is -2.38. The monoisotopic (exact) mass is 313 g/mol. The van der Waals surface area contributed by atoms with Gasteiger partial charge in [-0.3, -0.25) is 14.9 Å². The minimum atomic E-state index is -0.439. The van der Waals surface area contributed by atoms with Crippen LogP contribution in [0.4, 0.5) is 5.69 Å². The van der Waals surface area contributed by atoms with E-state index in [1.165, 1.54) is 12.1 Å². The van der Waals surface area contributed by atoms with E-state index in [0.717, 1.165) is 12.1 Å². The minimum absolute atomic E-state index is 0. The molecule has 6 nitrogen and oxygen atoms in total. The van der Waals surface area contributed by atoms with Crippen LogP contribution in [-0.2, 0) is 11.2 Å². The Hall–Kier alpha value is -1.66. The van der Waals surface area contributed by atoms with Crippen molar-refractivity contribution in [3.05, 3.63) is 39.9 Å². The molecular weight excluding hydrogens is 294 g/mol. The van der Waals surface area contributed by atoms with Crippen LogP contribution in [0.1, 0.15) is 19.4 Å². The van der Waals surface area contributed by atoms with Crippen LogP contribution in [0.15, 0.2) is 24.3 Å². The molecule has 1 aliphatic rings. The minimum Gasteiger partial charge on any atom is -0.337 e. The summed E-state index contributed by atoms with van der Waals surface area (Å²) in [5.41, 5.74) is 0.851. The Labute approximate surface area is 130 Å². The van der Waals surface area contributed by atoms with Crippen molar-refractivity contribution in [1.29, 1.82) is 0 Å². The summed E-state index contributed by atoms with van der Waals surface area (Å²) in [6, 6.07) is 6.61. The maximum absolute atomic E-state index is 12.3. The van der Waals surface area contributed by atoms with Crippen molar-refractivity contribution in [3.8, 4) is 0 Å². The highest BCUT2D eigenvalue weighted by atomic mass is 35.5. The second-order valence-electron chi connectivity index (χ2n) is 5.17. The molecule has 21 heavy (non-hydrogen) atoms. The molecule has 0 spiro atoms. The molecule has 1 aromatic rings. The lowest BCUT2D eigenvalue weighted by Crippen LogP contribution is -2.57. The zero-order valence-electron chi connectivity index (χ0n) is 12.1. The molecule has 1 aliphatic heterocycles. The average Bonchev–Trinajstić information content (AvgIpc) is 2.42. The highest BCUT2D eigenvalue weighted by Crippen LogP contribution is 2.15. The fourth-order valence-electron chi connectivity index (χ4n) is 2.42. The van der Waals surface area contributed by atoms with Crippen LogP contribution >= 0.6 is 12.4 Å². The van der Waals surface area contributed by atoms with Crippen LogP contribution < -0.4 is 5.32 Å². The molecule has 0 radical (unpaired) electrons. The molecule has 1 N–H and O–H groups in total. The Morgan fingerprint density at radius 3 is 2.57 bits per heavy atom. The maximum atomic E-state index is 12.3. The van der Waals surface area contributed by atoms with Crippen LogP contribution in [0.3, 0.4) is 0 Å². The van der Waals surface area contributed by atoms with Gasteiger partial charge in [-0.1, -0.05) is 12.1 Å². The van der Waals surface area contributed by atoms with E-state index in [0.29, 0.717) is 6.54 Å². The Bertz CT molecular complexity index is 507. The second kappa shape index (κ2) is 7.38. The van der Waals surface area contributed by atoms with Crippen molar-refractivity contribution in [2.75, 3.05) is 13.1 Å². The van der Waals surface area contributed by atoms with Gasteiger partial charge in [-0.15, -0.1) is 12.4 Å². The second-order valence-corrected chi connectivity index (χ2v) is 5.17. The molecule has 0 bridgehead atoms. The standard InChI is InChI=1S/C14H19N3O3.ClH/c1-10-11(2)16(8-7-15-10)14(18)9-12-3-5-13(6-4-12)17(19)20;/h3-6,10-11,15H,7-9H2,1-2H3;1H. The molecule has 1 saturated heterocycles. The van der Waals surface area contributed by atoms with E-state index in [2.05, 4.69) is 12.2 Å². The van der Waals surface area contributed by atoms with Gasteiger partial charge in [0, 0.05) is 37.3 Å². The van der Waals surface area contributed by atoms with Crippen LogP contribution in [0.5, 0.6) is 0 Å². The summed E-state index contributed by atoms with van der Waals surface area (Å²) in [6.07, 6.45) is 0.287. The van der Waals surface area contributed by atoms with Crippen molar-refractivity contribution in [2.45, 2.75) is 32.4 Å². The van der Waals surface area contributed by atoms with E-state index in [1.807, 2.05) is 11.8 Å². The summed E-state index contributed by atoms with van der Waals surface area (Å²) in [6.45, 7) is 5.61. The highest BCUT2D eigenvalue weighted by Gasteiger charge is 2.27. The number of nitro groups is 1. The van der Waals surface area contributed by atoms with Crippen LogP contribution in [-0.4, -0.2) is 40.9 Å². The topological polar surface area (TPSA) is 75.5 Å². The molecule has 2 rings (SSSR count). The van der Waals surface area contributed by atoms with Crippen LogP contribution in [0.2, 0.25) is 0 Å². The molecule has 1 amide bonds. The lowest BCUT2D eigenvalue weighted by molar-refractivity contribution is -0.384. The van der Waals surface area contributed by atoms with E-state index in [1.54, 1.807) is 12.1 Å². The number of amides is 1. The highest BCUT2D eigenvalue weighted by molar-refractivity contribution is 5.85. The van der Waals surface area contributed by atoms with Crippen LogP contribution in [0, 0.1) is 10.1 Å². The van der Waals surface area contributed by atoms with Gasteiger partial charge in [0.1, 0.15) is 0 Å². The number of hydrogen-bond donors (Lipinski definition) is 1. The predicted molar refractivity (Wildman–Crippen MR) is 82.7 cm³/mol. The first-order valence-corrected chi connectivity index (χ1v) is 6.75. The predicted octanol–water partition coefficient (Wildman–Crippen LogP) is 1.77. The van der Waals surface area contributed by atoms with E-state index >= 15 is 0 Å². The Balaban J connectivity index is 0.00000220. The van der Waals surface area contributed by atoms with E-state index < -0.39 is 4.92 Å². The number of nitrogens with zero attached hydrogens (tertiary/aromatic N) is 2. The van der Waals surface area contributed by atoms with Gasteiger partial charge in [-0.2, -0.15) is 0 Å². The molecular formula is C14H20ClN3O3. The third-order valence-corrected chi connectivity index (χ3v) is 3.86. The third kappa shape index (κ3) is 4.15. The van der Waals surface area contributed by atoms with Gasteiger partial charge in [-0.25, -0.2) is 0 Å². The van der Waals surface area contributed by atoms with E-state index in [4.69, 9.17) is 0 Å². The summed E-state index contributed by atoms with van der Waals surface area (Å²) < 4.78 is 0. The number of piperazine rings is 1. The van der Waals surface area contributed by atoms with Gasteiger partial charge in [-0.05, 0) is 19.4 Å². The molecule has 0 aliphatic carbocycles. The smallest absolute Gasteiger partial charge is 0.269 e. The fraction of sp³-hybridized carbons (Fsp3) is 0.500. The van der Waals surface area contributed by atoms with Gasteiger partial charge < -0.3 is 10.2 Å².